The second-order valence-electron chi connectivity index (χ2n) is 3.53. The van der Waals surface area contributed by atoms with Crippen LogP contribution >= 0.6 is 0 Å². The molecule has 0 aromatic heterocycles. The van der Waals surface area contributed by atoms with Crippen LogP contribution in [-0.2, 0) is 4.74 Å². The summed E-state index contributed by atoms with van der Waals surface area (Å²) in [4.78, 5) is 2.44. The standard InChI is InChI=1S/C11H21NO/c1-2-3-4-5-6-7-12-8-10-13-11-9-12/h5-6H,2-4,7-11H2,1H3. The highest BCUT2D eigenvalue weighted by molar-refractivity contribution is 4.85. The van der Waals surface area contributed by atoms with E-state index in [4.69, 9.17) is 4.74 Å². The van der Waals surface area contributed by atoms with Gasteiger partial charge in [0.15, 0.2) is 0 Å². The van der Waals surface area contributed by atoms with Crippen molar-refractivity contribution in [3.05, 3.63) is 12.2 Å². The van der Waals surface area contributed by atoms with E-state index in [0.29, 0.717) is 0 Å². The summed E-state index contributed by atoms with van der Waals surface area (Å²) in [5, 5.41) is 0. The quantitative estimate of drug-likeness (QED) is 0.478. The zero-order valence-electron chi connectivity index (χ0n) is 8.67. The van der Waals surface area contributed by atoms with Crippen LogP contribution in [0.5, 0.6) is 0 Å². The Morgan fingerprint density at radius 1 is 1.23 bits per heavy atom. The molecule has 0 N–H and O–H groups in total. The highest BCUT2D eigenvalue weighted by Crippen LogP contribution is 1.98. The molecule has 1 rings (SSSR count). The van der Waals surface area contributed by atoms with Crippen LogP contribution in [0.1, 0.15) is 26.2 Å². The van der Waals surface area contributed by atoms with E-state index < -0.39 is 0 Å². The zero-order valence-corrected chi connectivity index (χ0v) is 8.67. The molecule has 1 fully saturated rings. The molecule has 2 heteroatoms. The molecule has 1 saturated heterocycles. The van der Waals surface area contributed by atoms with Gasteiger partial charge in [-0.3, -0.25) is 4.90 Å². The van der Waals surface area contributed by atoms with Crippen molar-refractivity contribution in [1.82, 2.24) is 4.90 Å². The van der Waals surface area contributed by atoms with Gasteiger partial charge in [-0.1, -0.05) is 31.9 Å². The Kier molecular flexibility index (Phi) is 5.87. The lowest BCUT2D eigenvalue weighted by Crippen LogP contribution is -2.36. The predicted octanol–water partition coefficient (Wildman–Crippen LogP) is 2.06. The largest absolute Gasteiger partial charge is 0.379 e. The van der Waals surface area contributed by atoms with Gasteiger partial charge < -0.3 is 4.74 Å². The van der Waals surface area contributed by atoms with Crippen molar-refractivity contribution in [2.24, 2.45) is 0 Å². The van der Waals surface area contributed by atoms with Gasteiger partial charge in [0, 0.05) is 19.6 Å². The number of rotatable bonds is 5. The molecule has 0 aliphatic carbocycles. The van der Waals surface area contributed by atoms with Crippen molar-refractivity contribution in [2.45, 2.75) is 26.2 Å². The lowest BCUT2D eigenvalue weighted by atomic mass is 10.2. The van der Waals surface area contributed by atoms with Crippen molar-refractivity contribution < 1.29 is 4.74 Å². The fraction of sp³-hybridized carbons (Fsp3) is 0.818. The first-order valence-electron chi connectivity index (χ1n) is 5.38. The smallest absolute Gasteiger partial charge is 0.0594 e. The second-order valence-corrected chi connectivity index (χ2v) is 3.53. The van der Waals surface area contributed by atoms with Crippen LogP contribution in [0.3, 0.4) is 0 Å². The van der Waals surface area contributed by atoms with Gasteiger partial charge in [0.2, 0.25) is 0 Å². The predicted molar refractivity (Wildman–Crippen MR) is 55.9 cm³/mol. The SMILES string of the molecule is CCCCC=CCN1CCOCC1. The fourth-order valence-corrected chi connectivity index (χ4v) is 1.45. The highest BCUT2D eigenvalue weighted by Gasteiger charge is 2.07. The number of hydrogen-bond donors (Lipinski definition) is 0. The number of unbranched alkanes of at least 4 members (excludes halogenated alkanes) is 2. The maximum absolute atomic E-state index is 5.28. The number of morpholine rings is 1. The monoisotopic (exact) mass is 183 g/mol. The maximum Gasteiger partial charge on any atom is 0.0594 e. The summed E-state index contributed by atoms with van der Waals surface area (Å²) in [6.45, 7) is 7.34. The minimum absolute atomic E-state index is 0.906. The van der Waals surface area contributed by atoms with Crippen molar-refractivity contribution in [3.8, 4) is 0 Å². The number of hydrogen-bond acceptors (Lipinski definition) is 2. The van der Waals surface area contributed by atoms with Crippen molar-refractivity contribution in [1.29, 1.82) is 0 Å². The minimum atomic E-state index is 0.906. The minimum Gasteiger partial charge on any atom is -0.379 e. The molecule has 0 saturated carbocycles. The Balaban J connectivity index is 2.00. The third kappa shape index (κ3) is 5.06. The summed E-state index contributed by atoms with van der Waals surface area (Å²) in [6.07, 6.45) is 8.45. The molecule has 13 heavy (non-hydrogen) atoms. The van der Waals surface area contributed by atoms with Gasteiger partial charge in [0.1, 0.15) is 0 Å². The third-order valence-corrected chi connectivity index (χ3v) is 2.36. The summed E-state index contributed by atoms with van der Waals surface area (Å²) in [5.41, 5.74) is 0. The Bertz CT molecular complexity index is 139. The molecule has 0 bridgehead atoms. The van der Waals surface area contributed by atoms with E-state index in [-0.39, 0.29) is 0 Å². The van der Waals surface area contributed by atoms with Crippen molar-refractivity contribution in [2.75, 3.05) is 32.8 Å². The van der Waals surface area contributed by atoms with Gasteiger partial charge in [-0.25, -0.2) is 0 Å². The van der Waals surface area contributed by atoms with Crippen LogP contribution in [0.25, 0.3) is 0 Å². The van der Waals surface area contributed by atoms with E-state index in [1.54, 1.807) is 0 Å². The lowest BCUT2D eigenvalue weighted by Gasteiger charge is -2.25. The molecule has 1 aliphatic rings. The zero-order chi connectivity index (χ0) is 9.36. The Morgan fingerprint density at radius 3 is 2.69 bits per heavy atom. The van der Waals surface area contributed by atoms with Crippen molar-refractivity contribution in [3.63, 3.8) is 0 Å². The molecule has 0 aromatic rings. The number of ether oxygens (including phenoxy) is 1. The van der Waals surface area contributed by atoms with Crippen LogP contribution in [0, 0.1) is 0 Å². The molecule has 76 valence electrons. The molecular formula is C11H21NO. The van der Waals surface area contributed by atoms with E-state index in [1.807, 2.05) is 0 Å². The molecule has 0 spiro atoms. The normalized spacial score (nSPS) is 19.8. The lowest BCUT2D eigenvalue weighted by molar-refractivity contribution is 0.0434. The summed E-state index contributed by atoms with van der Waals surface area (Å²) >= 11 is 0. The van der Waals surface area contributed by atoms with E-state index in [0.717, 1.165) is 32.8 Å². The number of nitrogens with zero attached hydrogens (tertiary/aromatic N) is 1. The van der Waals surface area contributed by atoms with Gasteiger partial charge in [-0.05, 0) is 6.42 Å². The van der Waals surface area contributed by atoms with Crippen LogP contribution in [0.4, 0.5) is 0 Å². The second kappa shape index (κ2) is 7.10. The Morgan fingerprint density at radius 2 is 2.00 bits per heavy atom. The van der Waals surface area contributed by atoms with Crippen LogP contribution in [-0.4, -0.2) is 37.7 Å². The first kappa shape index (κ1) is 10.7. The van der Waals surface area contributed by atoms with Gasteiger partial charge >= 0.3 is 0 Å². The first-order chi connectivity index (χ1) is 6.43. The van der Waals surface area contributed by atoms with Crippen molar-refractivity contribution >= 4 is 0 Å². The number of allylic oxidation sites excluding steroid dienone is 1. The molecule has 0 amide bonds. The van der Waals surface area contributed by atoms with E-state index in [1.165, 1.54) is 19.3 Å². The van der Waals surface area contributed by atoms with E-state index in [9.17, 15) is 0 Å². The maximum atomic E-state index is 5.28. The molecule has 1 heterocycles. The van der Waals surface area contributed by atoms with Gasteiger partial charge in [0.25, 0.3) is 0 Å². The molecule has 1 aliphatic heterocycles. The third-order valence-electron chi connectivity index (χ3n) is 2.36. The Hall–Kier alpha value is -0.340. The average Bonchev–Trinajstić information content (AvgIpc) is 2.19. The van der Waals surface area contributed by atoms with Crippen LogP contribution in [0.2, 0.25) is 0 Å². The molecular weight excluding hydrogens is 162 g/mol. The van der Waals surface area contributed by atoms with Crippen LogP contribution < -0.4 is 0 Å². The van der Waals surface area contributed by atoms with Gasteiger partial charge in [0.05, 0.1) is 13.2 Å². The average molecular weight is 183 g/mol. The van der Waals surface area contributed by atoms with E-state index >= 15 is 0 Å². The molecule has 0 atom stereocenters. The summed E-state index contributed by atoms with van der Waals surface area (Å²) in [6, 6.07) is 0. The van der Waals surface area contributed by atoms with Gasteiger partial charge in [-0.2, -0.15) is 0 Å². The molecule has 2 nitrogen and oxygen atoms in total. The molecule has 0 aromatic carbocycles. The molecule has 0 radical (unpaired) electrons. The topological polar surface area (TPSA) is 12.5 Å². The van der Waals surface area contributed by atoms with E-state index in [2.05, 4.69) is 24.0 Å². The highest BCUT2D eigenvalue weighted by atomic mass is 16.5. The summed E-state index contributed by atoms with van der Waals surface area (Å²) in [7, 11) is 0. The summed E-state index contributed by atoms with van der Waals surface area (Å²) < 4.78 is 5.28. The Labute approximate surface area is 81.6 Å². The summed E-state index contributed by atoms with van der Waals surface area (Å²) in [5.74, 6) is 0. The first-order valence-corrected chi connectivity index (χ1v) is 5.38. The van der Waals surface area contributed by atoms with Gasteiger partial charge in [-0.15, -0.1) is 0 Å². The fourth-order valence-electron chi connectivity index (χ4n) is 1.45. The molecule has 0 unspecified atom stereocenters. The van der Waals surface area contributed by atoms with Crippen LogP contribution in [0.15, 0.2) is 12.2 Å².